The van der Waals surface area contributed by atoms with E-state index in [9.17, 15) is 4.79 Å². The zero-order chi connectivity index (χ0) is 13.4. The van der Waals surface area contributed by atoms with E-state index in [-0.39, 0.29) is 5.91 Å². The quantitative estimate of drug-likeness (QED) is 0.682. The number of aryl methyl sites for hydroxylation is 1. The molecule has 0 bridgehead atoms. The highest BCUT2D eigenvalue weighted by Crippen LogP contribution is 2.33. The van der Waals surface area contributed by atoms with E-state index in [2.05, 4.69) is 21.4 Å². The van der Waals surface area contributed by atoms with Gasteiger partial charge in [0.15, 0.2) is 0 Å². The van der Waals surface area contributed by atoms with Gasteiger partial charge >= 0.3 is 0 Å². The fourth-order valence-corrected chi connectivity index (χ4v) is 3.37. The van der Waals surface area contributed by atoms with Crippen LogP contribution in [0, 0.1) is 6.92 Å². The fourth-order valence-electron chi connectivity index (χ4n) is 1.87. The molecule has 0 atom stereocenters. The summed E-state index contributed by atoms with van der Waals surface area (Å²) in [5.74, 6) is 1.14. The third-order valence-corrected chi connectivity index (χ3v) is 4.88. The third-order valence-electron chi connectivity index (χ3n) is 2.77. The van der Waals surface area contributed by atoms with Gasteiger partial charge in [-0.2, -0.15) is 0 Å². The van der Waals surface area contributed by atoms with Crippen molar-refractivity contribution in [2.24, 2.45) is 0 Å². The van der Waals surface area contributed by atoms with E-state index in [4.69, 9.17) is 0 Å². The number of nitrogens with zero attached hydrogens (tertiary/aromatic N) is 2. The summed E-state index contributed by atoms with van der Waals surface area (Å²) in [7, 11) is 0. The lowest BCUT2D eigenvalue weighted by Crippen LogP contribution is -2.04. The van der Waals surface area contributed by atoms with E-state index in [0.29, 0.717) is 17.2 Å². The lowest BCUT2D eigenvalue weighted by atomic mass is 10.1. The van der Waals surface area contributed by atoms with Gasteiger partial charge in [0.05, 0.1) is 9.78 Å². The molecule has 0 aromatic carbocycles. The van der Waals surface area contributed by atoms with Gasteiger partial charge in [0.25, 0.3) is 5.91 Å². The maximum Gasteiger partial charge on any atom is 0.257 e. The van der Waals surface area contributed by atoms with Gasteiger partial charge in [0, 0.05) is 16.6 Å². The molecular weight excluding hydrogens is 278 g/mol. The molecule has 0 aliphatic carbocycles. The minimum absolute atomic E-state index is 0.117. The second-order valence-corrected chi connectivity index (χ2v) is 6.27. The zero-order valence-corrected chi connectivity index (χ0v) is 12.1. The Bertz CT molecular complexity index is 691. The molecule has 6 heteroatoms. The topological polar surface area (TPSA) is 54.9 Å². The summed E-state index contributed by atoms with van der Waals surface area (Å²) in [6.45, 7) is 1.80. The summed E-state index contributed by atoms with van der Waals surface area (Å²) in [5, 5.41) is 2.77. The van der Waals surface area contributed by atoms with Crippen molar-refractivity contribution in [2.75, 3.05) is 11.6 Å². The maximum absolute atomic E-state index is 12.0. The van der Waals surface area contributed by atoms with Crippen molar-refractivity contribution >= 4 is 46.5 Å². The molecule has 2 aromatic rings. The summed E-state index contributed by atoms with van der Waals surface area (Å²) >= 11 is 3.37. The third kappa shape index (κ3) is 2.29. The van der Waals surface area contributed by atoms with Crippen LogP contribution in [0.5, 0.6) is 0 Å². The maximum atomic E-state index is 12.0. The van der Waals surface area contributed by atoms with Crippen LogP contribution in [-0.2, 0) is 4.79 Å². The monoisotopic (exact) mass is 289 g/mol. The van der Waals surface area contributed by atoms with Crippen LogP contribution in [0.2, 0.25) is 0 Å². The number of amides is 1. The number of nitrogens with one attached hydrogen (secondary N) is 1. The van der Waals surface area contributed by atoms with Crippen LogP contribution in [-0.4, -0.2) is 22.1 Å². The van der Waals surface area contributed by atoms with Crippen molar-refractivity contribution in [3.8, 4) is 0 Å². The average molecular weight is 289 g/mol. The van der Waals surface area contributed by atoms with Gasteiger partial charge in [-0.25, -0.2) is 9.97 Å². The van der Waals surface area contributed by atoms with Crippen molar-refractivity contribution in [1.82, 2.24) is 9.97 Å². The van der Waals surface area contributed by atoms with Crippen LogP contribution >= 0.6 is 23.1 Å². The molecule has 1 N–H and O–H groups in total. The van der Waals surface area contributed by atoms with Gasteiger partial charge in [0.1, 0.15) is 11.6 Å². The van der Waals surface area contributed by atoms with Gasteiger partial charge in [-0.05, 0) is 31.4 Å². The molecule has 0 spiro atoms. The van der Waals surface area contributed by atoms with E-state index in [0.717, 1.165) is 10.4 Å². The molecule has 3 rings (SSSR count). The van der Waals surface area contributed by atoms with E-state index < -0.39 is 0 Å². The second kappa shape index (κ2) is 4.79. The molecule has 1 aliphatic heterocycles. The van der Waals surface area contributed by atoms with Crippen LogP contribution in [0.1, 0.15) is 16.3 Å². The minimum Gasteiger partial charge on any atom is -0.306 e. The summed E-state index contributed by atoms with van der Waals surface area (Å²) < 4.78 is 1.23. The fraction of sp³-hybridized carbons (Fsp3) is 0.154. The highest BCUT2D eigenvalue weighted by Gasteiger charge is 2.26. The lowest BCUT2D eigenvalue weighted by Gasteiger charge is -1.97. The summed E-state index contributed by atoms with van der Waals surface area (Å²) in [6, 6.07) is 4.07. The molecule has 0 saturated heterocycles. The number of thiophene rings is 1. The van der Waals surface area contributed by atoms with Crippen molar-refractivity contribution in [3.63, 3.8) is 0 Å². The molecule has 0 radical (unpaired) electrons. The Morgan fingerprint density at radius 2 is 2.26 bits per heavy atom. The number of carbonyl (C=O) groups excluding carboxylic acids is 1. The largest absolute Gasteiger partial charge is 0.306 e. The number of hydrogen-bond donors (Lipinski definition) is 1. The zero-order valence-electron chi connectivity index (χ0n) is 10.4. The Hall–Kier alpha value is -1.66. The number of anilines is 1. The summed E-state index contributed by atoms with van der Waals surface area (Å²) in [6.07, 6.45) is 5.63. The van der Waals surface area contributed by atoms with Crippen LogP contribution in [0.25, 0.3) is 11.6 Å². The second-order valence-electron chi connectivity index (χ2n) is 4.05. The molecule has 0 unspecified atom stereocenters. The van der Waals surface area contributed by atoms with Crippen LogP contribution in [0.4, 0.5) is 5.82 Å². The Labute approximate surface area is 119 Å². The first kappa shape index (κ1) is 12.4. The molecule has 3 heterocycles. The molecule has 96 valence electrons. The number of carbonyl (C=O) groups is 1. The highest BCUT2D eigenvalue weighted by atomic mass is 32.2. The van der Waals surface area contributed by atoms with Gasteiger partial charge in [0.2, 0.25) is 0 Å². The van der Waals surface area contributed by atoms with Crippen LogP contribution < -0.4 is 5.32 Å². The number of rotatable bonds is 2. The molecular formula is C13H11N3OS2. The Balaban J connectivity index is 2.04. The number of hydrogen-bond acceptors (Lipinski definition) is 5. The molecule has 0 saturated carbocycles. The van der Waals surface area contributed by atoms with Crippen LogP contribution in [0.3, 0.4) is 0 Å². The minimum atomic E-state index is -0.117. The molecule has 1 amide bonds. The SMILES string of the molecule is CSc1ccc(C=C2C(=O)Nc3nc(C)ncc32)s1. The van der Waals surface area contributed by atoms with Crippen molar-refractivity contribution in [2.45, 2.75) is 11.1 Å². The molecule has 0 fully saturated rings. The van der Waals surface area contributed by atoms with E-state index >= 15 is 0 Å². The number of aromatic nitrogens is 2. The van der Waals surface area contributed by atoms with Gasteiger partial charge in [-0.15, -0.1) is 23.1 Å². The average Bonchev–Trinajstić information content (AvgIpc) is 2.95. The molecule has 1 aliphatic rings. The van der Waals surface area contributed by atoms with E-state index in [1.54, 1.807) is 36.2 Å². The number of thioether (sulfide) groups is 1. The van der Waals surface area contributed by atoms with E-state index in [1.165, 1.54) is 4.21 Å². The van der Waals surface area contributed by atoms with Gasteiger partial charge < -0.3 is 5.32 Å². The first-order chi connectivity index (χ1) is 9.17. The smallest absolute Gasteiger partial charge is 0.257 e. The molecule has 4 nitrogen and oxygen atoms in total. The standard InChI is InChI=1S/C13H11N3OS2/c1-7-14-6-10-9(13(17)16-12(10)15-7)5-8-3-4-11(18-2)19-8/h3-6H,1-2H3,(H,14,15,16,17). The highest BCUT2D eigenvalue weighted by molar-refractivity contribution is 8.00. The molecule has 2 aromatic heterocycles. The Morgan fingerprint density at radius 3 is 3.00 bits per heavy atom. The van der Waals surface area contributed by atoms with Gasteiger partial charge in [-0.3, -0.25) is 4.79 Å². The normalized spacial score (nSPS) is 15.7. The number of fused-ring (bicyclic) bond motifs is 1. The lowest BCUT2D eigenvalue weighted by molar-refractivity contribution is -0.110. The van der Waals surface area contributed by atoms with Crippen molar-refractivity contribution in [1.29, 1.82) is 0 Å². The first-order valence-corrected chi connectivity index (χ1v) is 7.72. The predicted molar refractivity (Wildman–Crippen MR) is 79.4 cm³/mol. The summed E-state index contributed by atoms with van der Waals surface area (Å²) in [5.41, 5.74) is 1.40. The summed E-state index contributed by atoms with van der Waals surface area (Å²) in [4.78, 5) is 21.4. The van der Waals surface area contributed by atoms with Crippen LogP contribution in [0.15, 0.2) is 22.5 Å². The van der Waals surface area contributed by atoms with Crippen molar-refractivity contribution in [3.05, 3.63) is 34.6 Å². The predicted octanol–water partition coefficient (Wildman–Crippen LogP) is 3.06. The Kier molecular flexibility index (Phi) is 3.12. The first-order valence-electron chi connectivity index (χ1n) is 5.68. The van der Waals surface area contributed by atoms with Gasteiger partial charge in [-0.1, -0.05) is 0 Å². The Morgan fingerprint density at radius 1 is 1.42 bits per heavy atom. The van der Waals surface area contributed by atoms with Crippen molar-refractivity contribution < 1.29 is 4.79 Å². The van der Waals surface area contributed by atoms with E-state index in [1.807, 2.05) is 18.4 Å². The molecule has 19 heavy (non-hydrogen) atoms.